The first-order valence-electron chi connectivity index (χ1n) is 6.35. The summed E-state index contributed by atoms with van der Waals surface area (Å²) in [4.78, 5) is 23.0. The minimum atomic E-state index is -0.483. The second-order valence-corrected chi connectivity index (χ2v) is 4.60. The highest BCUT2D eigenvalue weighted by atomic mass is 35.5. The number of aromatic amines is 1. The van der Waals surface area contributed by atoms with Crippen molar-refractivity contribution in [2.75, 3.05) is 13.2 Å². The van der Waals surface area contributed by atoms with Crippen LogP contribution in [0.1, 0.15) is 17.4 Å². The summed E-state index contributed by atoms with van der Waals surface area (Å²) < 4.78 is 4.72. The van der Waals surface area contributed by atoms with Crippen LogP contribution in [0.15, 0.2) is 30.3 Å². The first-order chi connectivity index (χ1) is 10.1. The molecule has 0 bridgehead atoms. The molecule has 1 heterocycles. The second kappa shape index (κ2) is 6.90. The molecule has 7 heteroatoms. The number of aromatic nitrogens is 2. The number of nitrogens with zero attached hydrogens (tertiary/aromatic N) is 1. The van der Waals surface area contributed by atoms with E-state index in [1.807, 2.05) is 0 Å². The SMILES string of the molecule is CCOC(=O)CNC(=O)c1cc(-c2ccc(Cl)cc2)n[nH]1. The quantitative estimate of drug-likeness (QED) is 0.828. The van der Waals surface area contributed by atoms with Gasteiger partial charge in [-0.3, -0.25) is 14.7 Å². The van der Waals surface area contributed by atoms with E-state index in [-0.39, 0.29) is 18.8 Å². The third kappa shape index (κ3) is 4.06. The third-order valence-electron chi connectivity index (χ3n) is 2.66. The van der Waals surface area contributed by atoms with Crippen molar-refractivity contribution in [2.24, 2.45) is 0 Å². The van der Waals surface area contributed by atoms with Gasteiger partial charge >= 0.3 is 5.97 Å². The minimum Gasteiger partial charge on any atom is -0.465 e. The average Bonchev–Trinajstić information content (AvgIpc) is 2.96. The monoisotopic (exact) mass is 307 g/mol. The number of carbonyl (C=O) groups is 2. The normalized spacial score (nSPS) is 10.2. The van der Waals surface area contributed by atoms with Crippen molar-refractivity contribution in [1.29, 1.82) is 0 Å². The van der Waals surface area contributed by atoms with E-state index in [0.29, 0.717) is 10.7 Å². The molecule has 21 heavy (non-hydrogen) atoms. The van der Waals surface area contributed by atoms with Gasteiger partial charge in [0.15, 0.2) is 0 Å². The zero-order valence-electron chi connectivity index (χ0n) is 11.4. The maximum Gasteiger partial charge on any atom is 0.325 e. The van der Waals surface area contributed by atoms with Gasteiger partial charge in [0.2, 0.25) is 0 Å². The van der Waals surface area contributed by atoms with E-state index in [4.69, 9.17) is 16.3 Å². The molecule has 6 nitrogen and oxygen atoms in total. The molecule has 0 saturated heterocycles. The molecule has 0 atom stereocenters. The van der Waals surface area contributed by atoms with Crippen molar-refractivity contribution < 1.29 is 14.3 Å². The first kappa shape index (κ1) is 15.1. The van der Waals surface area contributed by atoms with Crippen LogP contribution < -0.4 is 5.32 Å². The standard InChI is InChI=1S/C14H14ClN3O3/c1-2-21-13(19)8-16-14(20)12-7-11(17-18-12)9-3-5-10(15)6-4-9/h3-7H,2,8H2,1H3,(H,16,20)(H,17,18). The first-order valence-corrected chi connectivity index (χ1v) is 6.73. The van der Waals surface area contributed by atoms with Crippen molar-refractivity contribution in [2.45, 2.75) is 6.92 Å². The van der Waals surface area contributed by atoms with Gasteiger partial charge in [0.05, 0.1) is 12.3 Å². The number of esters is 1. The number of nitrogens with one attached hydrogen (secondary N) is 2. The van der Waals surface area contributed by atoms with E-state index in [1.165, 1.54) is 0 Å². The lowest BCUT2D eigenvalue weighted by molar-refractivity contribution is -0.141. The number of amides is 1. The molecule has 0 spiro atoms. The van der Waals surface area contributed by atoms with Gasteiger partial charge in [-0.05, 0) is 25.1 Å². The number of hydrogen-bond donors (Lipinski definition) is 2. The highest BCUT2D eigenvalue weighted by Crippen LogP contribution is 2.20. The van der Waals surface area contributed by atoms with Crippen LogP contribution in [0.25, 0.3) is 11.3 Å². The van der Waals surface area contributed by atoms with Crippen LogP contribution in [0.3, 0.4) is 0 Å². The molecule has 0 aliphatic rings. The molecule has 1 amide bonds. The summed E-state index contributed by atoms with van der Waals surface area (Å²) in [6.07, 6.45) is 0. The van der Waals surface area contributed by atoms with Gasteiger partial charge in [0, 0.05) is 10.6 Å². The molecule has 0 fully saturated rings. The van der Waals surface area contributed by atoms with Crippen LogP contribution in [0.5, 0.6) is 0 Å². The van der Waals surface area contributed by atoms with E-state index in [1.54, 1.807) is 37.3 Å². The summed E-state index contributed by atoms with van der Waals surface area (Å²) in [5, 5.41) is 9.76. The summed E-state index contributed by atoms with van der Waals surface area (Å²) >= 11 is 5.82. The zero-order chi connectivity index (χ0) is 15.2. The van der Waals surface area contributed by atoms with Crippen LogP contribution >= 0.6 is 11.6 Å². The number of carbonyl (C=O) groups excluding carboxylic acids is 2. The number of ether oxygens (including phenoxy) is 1. The molecule has 1 aromatic carbocycles. The van der Waals surface area contributed by atoms with Crippen LogP contribution in [-0.2, 0) is 9.53 Å². The Kier molecular flexibility index (Phi) is 4.94. The predicted octanol–water partition coefficient (Wildman–Crippen LogP) is 2.02. The number of H-pyrrole nitrogens is 1. The molecule has 0 saturated carbocycles. The highest BCUT2D eigenvalue weighted by molar-refractivity contribution is 6.30. The molecule has 2 aromatic rings. The number of rotatable bonds is 5. The fourth-order valence-corrected chi connectivity index (χ4v) is 1.79. The Morgan fingerprint density at radius 2 is 2.05 bits per heavy atom. The van der Waals surface area contributed by atoms with Gasteiger partial charge in [-0.25, -0.2) is 0 Å². The van der Waals surface area contributed by atoms with Crippen molar-refractivity contribution >= 4 is 23.5 Å². The predicted molar refractivity (Wildman–Crippen MR) is 78.0 cm³/mol. The van der Waals surface area contributed by atoms with Gasteiger partial charge in [-0.2, -0.15) is 5.10 Å². The number of hydrogen-bond acceptors (Lipinski definition) is 4. The smallest absolute Gasteiger partial charge is 0.325 e. The lowest BCUT2D eigenvalue weighted by atomic mass is 10.1. The summed E-state index contributed by atoms with van der Waals surface area (Å²) in [5.41, 5.74) is 1.72. The molecular formula is C14H14ClN3O3. The largest absolute Gasteiger partial charge is 0.465 e. The zero-order valence-corrected chi connectivity index (χ0v) is 12.1. The van der Waals surface area contributed by atoms with Crippen molar-refractivity contribution in [3.63, 3.8) is 0 Å². The maximum atomic E-state index is 11.8. The molecule has 2 rings (SSSR count). The summed E-state index contributed by atoms with van der Waals surface area (Å²) in [7, 11) is 0. The lowest BCUT2D eigenvalue weighted by Crippen LogP contribution is -2.30. The van der Waals surface area contributed by atoms with E-state index in [9.17, 15) is 9.59 Å². The topological polar surface area (TPSA) is 84.1 Å². The second-order valence-electron chi connectivity index (χ2n) is 4.16. The van der Waals surface area contributed by atoms with Crippen molar-refractivity contribution in [3.8, 4) is 11.3 Å². The van der Waals surface area contributed by atoms with Gasteiger partial charge in [-0.15, -0.1) is 0 Å². The molecular weight excluding hydrogens is 294 g/mol. The number of benzene rings is 1. The van der Waals surface area contributed by atoms with Crippen molar-refractivity contribution in [1.82, 2.24) is 15.5 Å². The highest BCUT2D eigenvalue weighted by Gasteiger charge is 2.12. The molecule has 110 valence electrons. The molecule has 0 aliphatic carbocycles. The van der Waals surface area contributed by atoms with Gasteiger partial charge < -0.3 is 10.1 Å². The number of halogens is 1. The summed E-state index contributed by atoms with van der Waals surface area (Å²) in [6, 6.07) is 8.69. The summed E-state index contributed by atoms with van der Waals surface area (Å²) in [5.74, 6) is -0.904. The van der Waals surface area contributed by atoms with E-state index in [0.717, 1.165) is 5.56 Å². The molecule has 0 unspecified atom stereocenters. The van der Waals surface area contributed by atoms with E-state index >= 15 is 0 Å². The molecule has 0 aliphatic heterocycles. The van der Waals surface area contributed by atoms with Crippen LogP contribution in [0.2, 0.25) is 5.02 Å². The lowest BCUT2D eigenvalue weighted by Gasteiger charge is -2.02. The minimum absolute atomic E-state index is 0.179. The van der Waals surface area contributed by atoms with Crippen molar-refractivity contribution in [3.05, 3.63) is 41.0 Å². The Labute approximate surface area is 126 Å². The molecule has 2 N–H and O–H groups in total. The van der Waals surface area contributed by atoms with E-state index < -0.39 is 11.9 Å². The fraction of sp³-hybridized carbons (Fsp3) is 0.214. The Balaban J connectivity index is 2.00. The Morgan fingerprint density at radius 3 is 2.71 bits per heavy atom. The Morgan fingerprint density at radius 1 is 1.33 bits per heavy atom. The van der Waals surface area contributed by atoms with Gasteiger partial charge in [-0.1, -0.05) is 23.7 Å². The third-order valence-corrected chi connectivity index (χ3v) is 2.91. The average molecular weight is 308 g/mol. The van der Waals surface area contributed by atoms with Crippen LogP contribution in [0, 0.1) is 0 Å². The molecule has 1 aromatic heterocycles. The van der Waals surface area contributed by atoms with Gasteiger partial charge in [0.1, 0.15) is 12.2 Å². The molecule has 0 radical (unpaired) electrons. The van der Waals surface area contributed by atoms with Crippen LogP contribution in [-0.4, -0.2) is 35.2 Å². The fourth-order valence-electron chi connectivity index (χ4n) is 1.67. The van der Waals surface area contributed by atoms with E-state index in [2.05, 4.69) is 15.5 Å². The van der Waals surface area contributed by atoms with Crippen LogP contribution in [0.4, 0.5) is 0 Å². The Hall–Kier alpha value is -2.34. The summed E-state index contributed by atoms with van der Waals surface area (Å²) in [6.45, 7) is 1.80. The van der Waals surface area contributed by atoms with Gasteiger partial charge in [0.25, 0.3) is 5.91 Å². The Bertz CT molecular complexity index is 637. The maximum absolute atomic E-state index is 11.8.